The van der Waals surface area contributed by atoms with Crippen molar-refractivity contribution < 1.29 is 4.74 Å². The van der Waals surface area contributed by atoms with Gasteiger partial charge < -0.3 is 10.1 Å². The van der Waals surface area contributed by atoms with E-state index in [1.165, 1.54) is 12.0 Å². The van der Waals surface area contributed by atoms with E-state index in [1.54, 1.807) is 0 Å². The molecule has 0 amide bonds. The van der Waals surface area contributed by atoms with Gasteiger partial charge in [0.05, 0.1) is 6.10 Å². The molecule has 1 aromatic rings. The Morgan fingerprint density at radius 2 is 1.82 bits per heavy atom. The van der Waals surface area contributed by atoms with E-state index in [0.29, 0.717) is 6.04 Å². The molecule has 0 aromatic heterocycles. The zero-order valence-electron chi connectivity index (χ0n) is 11.5. The Bertz CT molecular complexity index is 307. The molecule has 0 saturated heterocycles. The Labute approximate surface area is 105 Å². The quantitative estimate of drug-likeness (QED) is 0.782. The van der Waals surface area contributed by atoms with E-state index in [-0.39, 0.29) is 6.10 Å². The van der Waals surface area contributed by atoms with E-state index in [4.69, 9.17) is 4.74 Å². The van der Waals surface area contributed by atoms with Crippen LogP contribution in [0.5, 0.6) is 5.75 Å². The van der Waals surface area contributed by atoms with Gasteiger partial charge in [-0.15, -0.1) is 0 Å². The highest BCUT2D eigenvalue weighted by Gasteiger charge is 2.08. The molecule has 0 aliphatic rings. The summed E-state index contributed by atoms with van der Waals surface area (Å²) in [7, 11) is 1.98. The molecular weight excluding hydrogens is 210 g/mol. The fraction of sp³-hybridized carbons (Fsp3) is 0.600. The zero-order valence-corrected chi connectivity index (χ0v) is 11.5. The van der Waals surface area contributed by atoms with Gasteiger partial charge in [0.2, 0.25) is 0 Å². The molecule has 0 aliphatic heterocycles. The Morgan fingerprint density at radius 1 is 1.18 bits per heavy atom. The number of aryl methyl sites for hydroxylation is 1. The van der Waals surface area contributed by atoms with Gasteiger partial charge >= 0.3 is 0 Å². The molecular formula is C15H25NO. The normalized spacial score (nSPS) is 14.4. The molecule has 2 heteroatoms. The first-order chi connectivity index (χ1) is 8.15. The fourth-order valence-electron chi connectivity index (χ4n) is 1.92. The molecule has 0 bridgehead atoms. The maximum Gasteiger partial charge on any atom is 0.119 e. The Balaban J connectivity index is 2.45. The third-order valence-electron chi connectivity index (χ3n) is 2.98. The SMILES string of the molecule is CCCc1ccc(OC(C)CC(C)NC)cc1. The van der Waals surface area contributed by atoms with Crippen molar-refractivity contribution >= 4 is 0 Å². The monoisotopic (exact) mass is 235 g/mol. The van der Waals surface area contributed by atoms with Crippen LogP contribution in [0.2, 0.25) is 0 Å². The first kappa shape index (κ1) is 14.0. The Morgan fingerprint density at radius 3 is 2.35 bits per heavy atom. The van der Waals surface area contributed by atoms with Crippen LogP contribution in [0, 0.1) is 0 Å². The highest BCUT2D eigenvalue weighted by atomic mass is 16.5. The van der Waals surface area contributed by atoms with Crippen LogP contribution in [0.3, 0.4) is 0 Å². The maximum absolute atomic E-state index is 5.88. The minimum absolute atomic E-state index is 0.245. The van der Waals surface area contributed by atoms with Gasteiger partial charge in [0, 0.05) is 6.04 Å². The van der Waals surface area contributed by atoms with Gasteiger partial charge in [0.1, 0.15) is 5.75 Å². The topological polar surface area (TPSA) is 21.3 Å². The second kappa shape index (κ2) is 7.33. The van der Waals surface area contributed by atoms with Crippen molar-refractivity contribution in [2.75, 3.05) is 7.05 Å². The third kappa shape index (κ3) is 5.22. The molecule has 0 spiro atoms. The zero-order chi connectivity index (χ0) is 12.7. The molecule has 0 heterocycles. The summed E-state index contributed by atoms with van der Waals surface area (Å²) in [5, 5.41) is 3.23. The predicted molar refractivity (Wildman–Crippen MR) is 73.7 cm³/mol. The molecule has 1 aromatic carbocycles. The second-order valence-corrected chi connectivity index (χ2v) is 4.75. The van der Waals surface area contributed by atoms with Crippen LogP contribution in [0.1, 0.15) is 39.2 Å². The van der Waals surface area contributed by atoms with Gasteiger partial charge in [-0.3, -0.25) is 0 Å². The van der Waals surface area contributed by atoms with Crippen molar-refractivity contribution in [2.24, 2.45) is 0 Å². The van der Waals surface area contributed by atoms with Crippen LogP contribution in [0.25, 0.3) is 0 Å². The van der Waals surface area contributed by atoms with Crippen molar-refractivity contribution in [3.63, 3.8) is 0 Å². The molecule has 0 fully saturated rings. The van der Waals surface area contributed by atoms with Crippen molar-refractivity contribution in [1.82, 2.24) is 5.32 Å². The van der Waals surface area contributed by atoms with E-state index in [1.807, 2.05) is 7.05 Å². The third-order valence-corrected chi connectivity index (χ3v) is 2.98. The van der Waals surface area contributed by atoms with Gasteiger partial charge in [0.15, 0.2) is 0 Å². The predicted octanol–water partition coefficient (Wildman–Crippen LogP) is 3.40. The molecule has 1 N–H and O–H groups in total. The summed E-state index contributed by atoms with van der Waals surface area (Å²) in [4.78, 5) is 0. The molecule has 96 valence electrons. The van der Waals surface area contributed by atoms with Crippen molar-refractivity contribution in [1.29, 1.82) is 0 Å². The van der Waals surface area contributed by atoms with Crippen LogP contribution in [0.15, 0.2) is 24.3 Å². The first-order valence-corrected chi connectivity index (χ1v) is 6.58. The van der Waals surface area contributed by atoms with E-state index in [2.05, 4.69) is 50.4 Å². The van der Waals surface area contributed by atoms with E-state index in [0.717, 1.165) is 18.6 Å². The highest BCUT2D eigenvalue weighted by molar-refractivity contribution is 5.27. The van der Waals surface area contributed by atoms with Gasteiger partial charge in [0.25, 0.3) is 0 Å². The number of hydrogen-bond donors (Lipinski definition) is 1. The smallest absolute Gasteiger partial charge is 0.119 e. The lowest BCUT2D eigenvalue weighted by atomic mass is 10.1. The summed E-state index contributed by atoms with van der Waals surface area (Å²) in [5.41, 5.74) is 1.39. The second-order valence-electron chi connectivity index (χ2n) is 4.75. The van der Waals surface area contributed by atoms with Crippen LogP contribution >= 0.6 is 0 Å². The summed E-state index contributed by atoms with van der Waals surface area (Å²) < 4.78 is 5.88. The molecule has 2 atom stereocenters. The van der Waals surface area contributed by atoms with E-state index >= 15 is 0 Å². The van der Waals surface area contributed by atoms with Crippen LogP contribution < -0.4 is 10.1 Å². The molecule has 2 unspecified atom stereocenters. The number of nitrogens with one attached hydrogen (secondary N) is 1. The van der Waals surface area contributed by atoms with Crippen molar-refractivity contribution in [3.8, 4) is 5.75 Å². The minimum atomic E-state index is 0.245. The highest BCUT2D eigenvalue weighted by Crippen LogP contribution is 2.16. The van der Waals surface area contributed by atoms with Gasteiger partial charge in [-0.2, -0.15) is 0 Å². The Hall–Kier alpha value is -1.02. The molecule has 0 saturated carbocycles. The number of rotatable bonds is 7. The largest absolute Gasteiger partial charge is 0.491 e. The van der Waals surface area contributed by atoms with Crippen molar-refractivity contribution in [2.45, 2.75) is 52.2 Å². The standard InChI is InChI=1S/C15H25NO/c1-5-6-14-7-9-15(10-8-14)17-13(3)11-12(2)16-4/h7-10,12-13,16H,5-6,11H2,1-4H3. The van der Waals surface area contributed by atoms with Crippen LogP contribution in [-0.4, -0.2) is 19.2 Å². The maximum atomic E-state index is 5.88. The lowest BCUT2D eigenvalue weighted by Gasteiger charge is -2.18. The van der Waals surface area contributed by atoms with Gasteiger partial charge in [-0.25, -0.2) is 0 Å². The first-order valence-electron chi connectivity index (χ1n) is 6.58. The molecule has 17 heavy (non-hydrogen) atoms. The van der Waals surface area contributed by atoms with Crippen LogP contribution in [0.4, 0.5) is 0 Å². The van der Waals surface area contributed by atoms with Crippen molar-refractivity contribution in [3.05, 3.63) is 29.8 Å². The molecule has 2 nitrogen and oxygen atoms in total. The molecule has 0 aliphatic carbocycles. The number of ether oxygens (including phenoxy) is 1. The molecule has 0 radical (unpaired) electrons. The van der Waals surface area contributed by atoms with Gasteiger partial charge in [-0.05, 0) is 51.4 Å². The fourth-order valence-corrected chi connectivity index (χ4v) is 1.92. The average Bonchev–Trinajstić information content (AvgIpc) is 2.31. The van der Waals surface area contributed by atoms with E-state index in [9.17, 15) is 0 Å². The van der Waals surface area contributed by atoms with Gasteiger partial charge in [-0.1, -0.05) is 25.5 Å². The number of hydrogen-bond acceptors (Lipinski definition) is 2. The molecule has 1 rings (SSSR count). The summed E-state index contributed by atoms with van der Waals surface area (Å²) in [6.45, 7) is 6.49. The summed E-state index contributed by atoms with van der Waals surface area (Å²) >= 11 is 0. The summed E-state index contributed by atoms with van der Waals surface area (Å²) in [6.07, 6.45) is 3.60. The number of benzene rings is 1. The lowest BCUT2D eigenvalue weighted by molar-refractivity contribution is 0.198. The van der Waals surface area contributed by atoms with E-state index < -0.39 is 0 Å². The summed E-state index contributed by atoms with van der Waals surface area (Å²) in [6, 6.07) is 8.96. The Kier molecular flexibility index (Phi) is 6.06. The van der Waals surface area contributed by atoms with Crippen LogP contribution in [-0.2, 0) is 6.42 Å². The lowest BCUT2D eigenvalue weighted by Crippen LogP contribution is -2.28. The average molecular weight is 235 g/mol. The minimum Gasteiger partial charge on any atom is -0.491 e. The summed E-state index contributed by atoms with van der Waals surface area (Å²) in [5.74, 6) is 0.973.